The second kappa shape index (κ2) is 9.21. The minimum Gasteiger partial charge on any atom is -0.480 e. The van der Waals surface area contributed by atoms with Gasteiger partial charge in [0.25, 0.3) is 0 Å². The molecule has 0 aromatic heterocycles. The number of carbonyl (C=O) groups is 2. The van der Waals surface area contributed by atoms with E-state index in [1.54, 1.807) is 0 Å². The number of alkyl halides is 3. The normalized spacial score (nSPS) is 13.6. The zero-order valence-corrected chi connectivity index (χ0v) is 18.3. The van der Waals surface area contributed by atoms with Gasteiger partial charge in [0.2, 0.25) is 0 Å². The van der Waals surface area contributed by atoms with Gasteiger partial charge in [-0.25, -0.2) is 9.59 Å². The van der Waals surface area contributed by atoms with Gasteiger partial charge in [-0.3, -0.25) is 4.90 Å². The van der Waals surface area contributed by atoms with E-state index in [-0.39, 0.29) is 24.5 Å². The van der Waals surface area contributed by atoms with Gasteiger partial charge in [0.05, 0.1) is 5.56 Å². The highest BCUT2D eigenvalue weighted by Gasteiger charge is 2.33. The number of aliphatic carboxylic acids is 1. The lowest BCUT2D eigenvalue weighted by Crippen LogP contribution is -2.44. The Morgan fingerprint density at radius 3 is 2.12 bits per heavy atom. The van der Waals surface area contributed by atoms with Crippen LogP contribution in [0.2, 0.25) is 0 Å². The molecule has 1 N–H and O–H groups in total. The summed E-state index contributed by atoms with van der Waals surface area (Å²) in [6.07, 6.45) is -5.70. The lowest BCUT2D eigenvalue weighted by atomic mass is 9.98. The minimum absolute atomic E-state index is 0.00704. The summed E-state index contributed by atoms with van der Waals surface area (Å²) in [5.41, 5.74) is 3.41. The van der Waals surface area contributed by atoms with Crippen LogP contribution in [0.3, 0.4) is 0 Å². The molecule has 0 aliphatic heterocycles. The summed E-state index contributed by atoms with van der Waals surface area (Å²) in [5.74, 6) is -1.54. The second-order valence-electron chi connectivity index (χ2n) is 8.17. The number of rotatable bonds is 6. The second-order valence-corrected chi connectivity index (χ2v) is 8.17. The van der Waals surface area contributed by atoms with Gasteiger partial charge >= 0.3 is 18.2 Å². The van der Waals surface area contributed by atoms with Gasteiger partial charge in [-0.1, -0.05) is 66.7 Å². The van der Waals surface area contributed by atoms with Gasteiger partial charge in [-0.15, -0.1) is 0 Å². The molecular weight excluding hydrogens is 447 g/mol. The van der Waals surface area contributed by atoms with Crippen molar-refractivity contribution in [3.8, 4) is 11.1 Å². The molecule has 5 nitrogen and oxygen atoms in total. The minimum atomic E-state index is -4.55. The molecule has 0 saturated carbocycles. The first-order valence-corrected chi connectivity index (χ1v) is 10.6. The molecule has 176 valence electrons. The molecule has 0 unspecified atom stereocenters. The maximum absolute atomic E-state index is 13.0. The average molecular weight is 469 g/mol. The van der Waals surface area contributed by atoms with Crippen molar-refractivity contribution >= 4 is 12.1 Å². The van der Waals surface area contributed by atoms with E-state index < -0.39 is 29.8 Å². The van der Waals surface area contributed by atoms with Crippen molar-refractivity contribution in [2.75, 3.05) is 13.7 Å². The molecule has 0 saturated heterocycles. The molecular formula is C26H22F3NO4. The number of carboxylic acids is 1. The largest absolute Gasteiger partial charge is 0.480 e. The van der Waals surface area contributed by atoms with Crippen molar-refractivity contribution in [2.45, 2.75) is 24.6 Å². The van der Waals surface area contributed by atoms with Crippen molar-refractivity contribution in [2.24, 2.45) is 0 Å². The number of carboxylic acid groups (broad SMARTS) is 1. The number of likely N-dealkylation sites (N-methyl/N-ethyl adjacent to an activating group) is 1. The van der Waals surface area contributed by atoms with Crippen LogP contribution in [0.5, 0.6) is 0 Å². The third-order valence-electron chi connectivity index (χ3n) is 6.06. The number of fused-ring (bicyclic) bond motifs is 3. The van der Waals surface area contributed by atoms with E-state index in [1.807, 2.05) is 48.5 Å². The van der Waals surface area contributed by atoms with E-state index in [1.165, 1.54) is 19.2 Å². The fourth-order valence-electron chi connectivity index (χ4n) is 4.31. The Labute approximate surface area is 194 Å². The van der Waals surface area contributed by atoms with Gasteiger partial charge < -0.3 is 9.84 Å². The number of hydrogen-bond acceptors (Lipinski definition) is 3. The third-order valence-corrected chi connectivity index (χ3v) is 6.06. The fraction of sp³-hybridized carbons (Fsp3) is 0.231. The Hall–Kier alpha value is -3.81. The molecule has 3 aromatic carbocycles. The first-order valence-electron chi connectivity index (χ1n) is 10.6. The van der Waals surface area contributed by atoms with Crippen LogP contribution in [-0.4, -0.2) is 41.8 Å². The highest BCUT2D eigenvalue weighted by molar-refractivity contribution is 5.81. The summed E-state index contributed by atoms with van der Waals surface area (Å²) < 4.78 is 44.5. The lowest BCUT2D eigenvalue weighted by Gasteiger charge is -2.25. The molecule has 1 aliphatic rings. The predicted molar refractivity (Wildman–Crippen MR) is 119 cm³/mol. The van der Waals surface area contributed by atoms with Crippen LogP contribution in [0.15, 0.2) is 72.8 Å². The zero-order valence-electron chi connectivity index (χ0n) is 18.3. The Morgan fingerprint density at radius 2 is 1.56 bits per heavy atom. The zero-order chi connectivity index (χ0) is 24.5. The molecule has 0 heterocycles. The van der Waals surface area contributed by atoms with Crippen molar-refractivity contribution < 1.29 is 32.6 Å². The summed E-state index contributed by atoms with van der Waals surface area (Å²) in [6.45, 7) is 0.00704. The van der Waals surface area contributed by atoms with E-state index >= 15 is 0 Å². The number of carbonyl (C=O) groups excluding carboxylic acids is 1. The van der Waals surface area contributed by atoms with Crippen LogP contribution in [0.1, 0.15) is 28.2 Å². The smallest absolute Gasteiger partial charge is 0.416 e. The fourth-order valence-corrected chi connectivity index (χ4v) is 4.31. The first-order chi connectivity index (χ1) is 16.2. The number of nitrogens with zero attached hydrogens (tertiary/aromatic N) is 1. The molecule has 0 radical (unpaired) electrons. The van der Waals surface area contributed by atoms with Crippen LogP contribution in [0.25, 0.3) is 11.1 Å². The summed E-state index contributed by atoms with van der Waals surface area (Å²) in [6, 6.07) is 18.6. The Balaban J connectivity index is 1.48. The predicted octanol–water partition coefficient (Wildman–Crippen LogP) is 5.58. The van der Waals surface area contributed by atoms with Crippen LogP contribution in [0, 0.1) is 0 Å². The van der Waals surface area contributed by atoms with E-state index in [0.717, 1.165) is 39.3 Å². The van der Waals surface area contributed by atoms with Crippen molar-refractivity contribution in [1.82, 2.24) is 4.90 Å². The Morgan fingerprint density at radius 1 is 0.971 bits per heavy atom. The number of halogens is 3. The maximum atomic E-state index is 13.0. The number of benzene rings is 3. The highest BCUT2D eigenvalue weighted by Crippen LogP contribution is 2.44. The molecule has 0 bridgehead atoms. The van der Waals surface area contributed by atoms with E-state index in [0.29, 0.717) is 0 Å². The van der Waals surface area contributed by atoms with Crippen LogP contribution in [0.4, 0.5) is 18.0 Å². The molecule has 1 atom stereocenters. The molecule has 4 rings (SSSR count). The highest BCUT2D eigenvalue weighted by atomic mass is 19.4. The van der Waals surface area contributed by atoms with E-state index in [4.69, 9.17) is 4.74 Å². The monoisotopic (exact) mass is 469 g/mol. The molecule has 1 aliphatic carbocycles. The van der Waals surface area contributed by atoms with Crippen LogP contribution >= 0.6 is 0 Å². The quantitative estimate of drug-likeness (QED) is 0.512. The molecule has 1 amide bonds. The summed E-state index contributed by atoms with van der Waals surface area (Å²) >= 11 is 0. The van der Waals surface area contributed by atoms with Gasteiger partial charge in [0, 0.05) is 19.4 Å². The van der Waals surface area contributed by atoms with Crippen LogP contribution < -0.4 is 0 Å². The summed E-state index contributed by atoms with van der Waals surface area (Å²) in [7, 11) is 1.27. The molecule has 3 aromatic rings. The lowest BCUT2D eigenvalue weighted by molar-refractivity contribution is -0.142. The topological polar surface area (TPSA) is 66.8 Å². The van der Waals surface area contributed by atoms with E-state index in [9.17, 15) is 27.9 Å². The SMILES string of the molecule is CN(C(=O)OCC1c2ccccc2-c2ccccc21)[C@@H](Cc1cccc(C(F)(F)F)c1)C(=O)O. The number of hydrogen-bond donors (Lipinski definition) is 1. The van der Waals surface area contributed by atoms with E-state index in [2.05, 4.69) is 0 Å². The van der Waals surface area contributed by atoms with Crippen molar-refractivity contribution in [3.05, 3.63) is 95.1 Å². The number of amides is 1. The Kier molecular flexibility index (Phi) is 6.32. The average Bonchev–Trinajstić information content (AvgIpc) is 3.14. The third kappa shape index (κ3) is 4.62. The van der Waals surface area contributed by atoms with Crippen molar-refractivity contribution in [3.63, 3.8) is 0 Å². The standard InChI is InChI=1S/C26H22F3NO4/c1-30(23(24(31)32)14-16-7-6-8-17(13-16)26(27,28)29)25(33)34-15-22-20-11-4-2-9-18(20)19-10-3-5-12-21(19)22/h2-13,22-23H,14-15H2,1H3,(H,31,32)/t23-/m0/s1. The molecule has 8 heteroatoms. The first kappa shape index (κ1) is 23.4. The maximum Gasteiger partial charge on any atom is 0.416 e. The van der Waals surface area contributed by atoms with Gasteiger partial charge in [0.15, 0.2) is 0 Å². The van der Waals surface area contributed by atoms with Gasteiger partial charge in [-0.05, 0) is 33.9 Å². The van der Waals surface area contributed by atoms with Crippen molar-refractivity contribution in [1.29, 1.82) is 0 Å². The van der Waals surface area contributed by atoms with Gasteiger partial charge in [-0.2, -0.15) is 13.2 Å². The molecule has 34 heavy (non-hydrogen) atoms. The Bertz CT molecular complexity index is 1180. The molecule has 0 fully saturated rings. The van der Waals surface area contributed by atoms with Crippen LogP contribution in [-0.2, 0) is 22.1 Å². The molecule has 0 spiro atoms. The summed E-state index contributed by atoms with van der Waals surface area (Å²) in [5, 5.41) is 9.65. The summed E-state index contributed by atoms with van der Waals surface area (Å²) in [4.78, 5) is 25.5. The van der Waals surface area contributed by atoms with Gasteiger partial charge in [0.1, 0.15) is 12.6 Å². The number of ether oxygens (including phenoxy) is 1.